The molecular weight excluding hydrogens is 298 g/mol. The summed E-state index contributed by atoms with van der Waals surface area (Å²) >= 11 is 0. The minimum atomic E-state index is 0.133. The van der Waals surface area contributed by atoms with Gasteiger partial charge in [-0.1, -0.05) is 18.2 Å². The Hall–Kier alpha value is -1.51. The molecule has 4 saturated carbocycles. The van der Waals surface area contributed by atoms with E-state index in [9.17, 15) is 4.79 Å². The van der Waals surface area contributed by atoms with Crippen LogP contribution in [0.25, 0.3) is 0 Å². The van der Waals surface area contributed by atoms with E-state index < -0.39 is 0 Å². The molecule has 1 aromatic rings. The van der Waals surface area contributed by atoms with Crippen LogP contribution in [0, 0.1) is 23.2 Å². The Morgan fingerprint density at radius 2 is 1.71 bits per heavy atom. The lowest BCUT2D eigenvalue weighted by Crippen LogP contribution is -2.55. The molecule has 5 rings (SSSR count). The largest absolute Gasteiger partial charge is 0.493 e. The molecule has 3 nitrogen and oxygen atoms in total. The van der Waals surface area contributed by atoms with E-state index in [2.05, 4.69) is 12.2 Å². The van der Waals surface area contributed by atoms with E-state index >= 15 is 0 Å². The second kappa shape index (κ2) is 6.42. The van der Waals surface area contributed by atoms with Crippen molar-refractivity contribution in [1.82, 2.24) is 5.32 Å². The minimum absolute atomic E-state index is 0.133. The number of hydrogen-bond donors (Lipinski definition) is 1. The number of nitrogens with one attached hydrogen (secondary N) is 1. The predicted molar refractivity (Wildman–Crippen MR) is 94.8 cm³/mol. The molecule has 0 spiro atoms. The van der Waals surface area contributed by atoms with Gasteiger partial charge in [0.1, 0.15) is 5.75 Å². The minimum Gasteiger partial charge on any atom is -0.493 e. The number of rotatable bonds is 6. The predicted octanol–water partition coefficient (Wildman–Crippen LogP) is 4.18. The van der Waals surface area contributed by atoms with Crippen molar-refractivity contribution in [1.29, 1.82) is 0 Å². The molecule has 1 atom stereocenters. The molecule has 0 aromatic heterocycles. The third kappa shape index (κ3) is 3.18. The first kappa shape index (κ1) is 16.0. The van der Waals surface area contributed by atoms with Crippen molar-refractivity contribution in [2.75, 3.05) is 6.61 Å². The average Bonchev–Trinajstić information content (AvgIpc) is 2.54. The Bertz CT molecular complexity index is 547. The van der Waals surface area contributed by atoms with Crippen molar-refractivity contribution >= 4 is 5.91 Å². The Morgan fingerprint density at radius 1 is 1.12 bits per heavy atom. The molecule has 1 aromatic carbocycles. The van der Waals surface area contributed by atoms with Gasteiger partial charge in [-0.15, -0.1) is 0 Å². The van der Waals surface area contributed by atoms with Crippen molar-refractivity contribution in [2.45, 2.75) is 57.9 Å². The van der Waals surface area contributed by atoms with Crippen LogP contribution in [0.3, 0.4) is 0 Å². The maximum absolute atomic E-state index is 12.3. The van der Waals surface area contributed by atoms with Crippen molar-refractivity contribution in [3.63, 3.8) is 0 Å². The Balaban J connectivity index is 1.28. The normalized spacial score (nSPS) is 34.8. The van der Waals surface area contributed by atoms with Crippen LogP contribution < -0.4 is 10.1 Å². The summed E-state index contributed by atoms with van der Waals surface area (Å²) in [7, 11) is 0. The highest BCUT2D eigenvalue weighted by molar-refractivity contribution is 5.76. The zero-order chi connectivity index (χ0) is 16.6. The van der Waals surface area contributed by atoms with Crippen LogP contribution in [-0.4, -0.2) is 18.6 Å². The van der Waals surface area contributed by atoms with Gasteiger partial charge in [-0.05, 0) is 80.8 Å². The molecule has 1 N–H and O–H groups in total. The second-order valence-corrected chi connectivity index (χ2v) is 8.48. The van der Waals surface area contributed by atoms with E-state index in [4.69, 9.17) is 4.74 Å². The smallest absolute Gasteiger partial charge is 0.223 e. The van der Waals surface area contributed by atoms with Gasteiger partial charge in [0.15, 0.2) is 0 Å². The molecule has 130 valence electrons. The van der Waals surface area contributed by atoms with Gasteiger partial charge in [0.2, 0.25) is 5.91 Å². The van der Waals surface area contributed by atoms with Crippen molar-refractivity contribution in [2.24, 2.45) is 23.2 Å². The van der Waals surface area contributed by atoms with Crippen LogP contribution >= 0.6 is 0 Å². The van der Waals surface area contributed by atoms with Gasteiger partial charge < -0.3 is 10.1 Å². The molecule has 4 aliphatic rings. The maximum Gasteiger partial charge on any atom is 0.223 e. The number of carbonyl (C=O) groups excluding carboxylic acids is 1. The SMILES string of the molecule is C[C@@H](NC(=O)CCOc1ccccc1)C12CC3CC(CC(C3)C1)C2. The fourth-order valence-electron chi connectivity index (χ4n) is 5.95. The molecule has 1 amide bonds. The first-order valence-electron chi connectivity index (χ1n) is 9.60. The van der Waals surface area contributed by atoms with Crippen LogP contribution in [0.4, 0.5) is 0 Å². The summed E-state index contributed by atoms with van der Waals surface area (Å²) in [5.41, 5.74) is 0.380. The molecule has 4 bridgehead atoms. The summed E-state index contributed by atoms with van der Waals surface area (Å²) < 4.78 is 5.65. The summed E-state index contributed by atoms with van der Waals surface area (Å²) in [5, 5.41) is 3.30. The van der Waals surface area contributed by atoms with Crippen LogP contribution in [-0.2, 0) is 4.79 Å². The van der Waals surface area contributed by atoms with Crippen LogP contribution in [0.1, 0.15) is 51.9 Å². The Morgan fingerprint density at radius 3 is 2.29 bits per heavy atom. The van der Waals surface area contributed by atoms with Gasteiger partial charge in [0.25, 0.3) is 0 Å². The highest BCUT2D eigenvalue weighted by Crippen LogP contribution is 2.61. The summed E-state index contributed by atoms with van der Waals surface area (Å²) in [6.45, 7) is 2.69. The van der Waals surface area contributed by atoms with Gasteiger partial charge in [-0.3, -0.25) is 4.79 Å². The average molecular weight is 327 g/mol. The number of ether oxygens (including phenoxy) is 1. The zero-order valence-corrected chi connectivity index (χ0v) is 14.7. The third-order valence-corrected chi connectivity index (χ3v) is 6.72. The molecule has 0 heterocycles. The van der Waals surface area contributed by atoms with Gasteiger partial charge in [0.05, 0.1) is 13.0 Å². The lowest BCUT2D eigenvalue weighted by atomic mass is 9.48. The lowest BCUT2D eigenvalue weighted by Gasteiger charge is -2.59. The van der Waals surface area contributed by atoms with Crippen LogP contribution in [0.15, 0.2) is 30.3 Å². The van der Waals surface area contributed by atoms with Crippen molar-refractivity contribution in [3.05, 3.63) is 30.3 Å². The van der Waals surface area contributed by atoms with Crippen molar-refractivity contribution < 1.29 is 9.53 Å². The van der Waals surface area contributed by atoms with Crippen molar-refractivity contribution in [3.8, 4) is 5.75 Å². The van der Waals surface area contributed by atoms with E-state index in [0.29, 0.717) is 24.5 Å². The van der Waals surface area contributed by atoms with Crippen LogP contribution in [0.5, 0.6) is 5.75 Å². The van der Waals surface area contributed by atoms with Gasteiger partial charge >= 0.3 is 0 Å². The Labute approximate surface area is 145 Å². The quantitative estimate of drug-likeness (QED) is 0.851. The fraction of sp³-hybridized carbons (Fsp3) is 0.667. The lowest BCUT2D eigenvalue weighted by molar-refractivity contribution is -0.126. The molecule has 0 aliphatic heterocycles. The standard InChI is InChI=1S/C21H29NO2/c1-15(21-12-16-9-17(13-21)11-18(10-16)14-21)22-20(23)7-8-24-19-5-3-2-4-6-19/h2-6,15-18H,7-14H2,1H3,(H,22,23)/t15-,16?,17?,18?,21?/m1/s1. The number of amides is 1. The summed E-state index contributed by atoms with van der Waals surface area (Å²) in [6, 6.07) is 10.0. The summed E-state index contributed by atoms with van der Waals surface area (Å²) in [4.78, 5) is 12.3. The number of carbonyl (C=O) groups is 1. The maximum atomic E-state index is 12.3. The molecular formula is C21H29NO2. The van der Waals surface area contributed by atoms with E-state index in [0.717, 1.165) is 23.5 Å². The zero-order valence-electron chi connectivity index (χ0n) is 14.7. The molecule has 0 saturated heterocycles. The number of para-hydroxylation sites is 1. The van der Waals surface area contributed by atoms with E-state index in [1.807, 2.05) is 30.3 Å². The highest BCUT2D eigenvalue weighted by Gasteiger charge is 2.53. The van der Waals surface area contributed by atoms with E-state index in [1.54, 1.807) is 0 Å². The van der Waals surface area contributed by atoms with E-state index in [-0.39, 0.29) is 5.91 Å². The fourth-order valence-corrected chi connectivity index (χ4v) is 5.95. The Kier molecular flexibility index (Phi) is 4.28. The first-order chi connectivity index (χ1) is 11.6. The molecule has 3 heteroatoms. The van der Waals surface area contributed by atoms with Gasteiger partial charge in [-0.25, -0.2) is 0 Å². The topological polar surface area (TPSA) is 38.3 Å². The summed E-state index contributed by atoms with van der Waals surface area (Å²) in [5.74, 6) is 3.75. The second-order valence-electron chi connectivity index (χ2n) is 8.48. The third-order valence-electron chi connectivity index (χ3n) is 6.72. The number of benzene rings is 1. The molecule has 24 heavy (non-hydrogen) atoms. The highest BCUT2D eigenvalue weighted by atomic mass is 16.5. The van der Waals surface area contributed by atoms with Crippen LogP contribution in [0.2, 0.25) is 0 Å². The molecule has 0 unspecified atom stereocenters. The summed E-state index contributed by atoms with van der Waals surface area (Å²) in [6.07, 6.45) is 8.79. The van der Waals surface area contributed by atoms with Gasteiger partial charge in [-0.2, -0.15) is 0 Å². The van der Waals surface area contributed by atoms with Gasteiger partial charge in [0, 0.05) is 6.04 Å². The first-order valence-corrected chi connectivity index (χ1v) is 9.60. The molecule has 4 aliphatic carbocycles. The molecule has 0 radical (unpaired) electrons. The monoisotopic (exact) mass is 327 g/mol. The number of hydrogen-bond acceptors (Lipinski definition) is 2. The van der Waals surface area contributed by atoms with E-state index in [1.165, 1.54) is 38.5 Å². The molecule has 4 fully saturated rings.